The van der Waals surface area contributed by atoms with Crippen LogP contribution in [-0.4, -0.2) is 24.5 Å². The quantitative estimate of drug-likeness (QED) is 0.390. The molecule has 0 unspecified atom stereocenters. The second-order valence-corrected chi connectivity index (χ2v) is 7.35. The van der Waals surface area contributed by atoms with Gasteiger partial charge in [0.05, 0.1) is 18.8 Å². The molecule has 0 radical (unpaired) electrons. The molecule has 0 saturated carbocycles. The first kappa shape index (κ1) is 35.1. The number of aryl methyl sites for hydroxylation is 1. The van der Waals surface area contributed by atoms with Crippen LogP contribution in [0.2, 0.25) is 0 Å². The van der Waals surface area contributed by atoms with Gasteiger partial charge in [0.15, 0.2) is 0 Å². The van der Waals surface area contributed by atoms with Gasteiger partial charge in [0.1, 0.15) is 5.82 Å². The van der Waals surface area contributed by atoms with Crippen LogP contribution in [0, 0.1) is 17.8 Å². The first-order valence-electron chi connectivity index (χ1n) is 10.4. The summed E-state index contributed by atoms with van der Waals surface area (Å²) in [6, 6.07) is 3.72. The zero-order valence-corrected chi connectivity index (χ0v) is 21.8. The Morgan fingerprint density at radius 1 is 1.10 bits per heavy atom. The number of nitrogens with zero attached hydrogens (tertiary/aromatic N) is 1. The molecule has 1 heterocycles. The Labute approximate surface area is 185 Å². The highest BCUT2D eigenvalue weighted by molar-refractivity contribution is 7.92. The number of pyridine rings is 1. The number of nitrogens with one attached hydrogen (secondary N) is 1. The number of hydrogen-bond acceptors (Lipinski definition) is 6. The largest absolute Gasteiger partial charge is 0.384 e. The Morgan fingerprint density at radius 3 is 1.90 bits per heavy atom. The van der Waals surface area contributed by atoms with Crippen LogP contribution < -0.4 is 16.2 Å². The van der Waals surface area contributed by atoms with Crippen LogP contribution in [-0.2, 0) is 8.98 Å². The number of amides is 1. The van der Waals surface area contributed by atoms with E-state index in [1.165, 1.54) is 0 Å². The van der Waals surface area contributed by atoms with E-state index in [0.29, 0.717) is 12.4 Å². The van der Waals surface area contributed by atoms with Crippen molar-refractivity contribution in [1.82, 2.24) is 10.3 Å². The molecule has 0 aliphatic carbocycles. The Hall–Kier alpha value is -1.31. The van der Waals surface area contributed by atoms with Crippen molar-refractivity contribution < 1.29 is 8.98 Å². The molecule has 0 aliphatic rings. The highest BCUT2D eigenvalue weighted by atomic mass is 32.2. The van der Waals surface area contributed by atoms with E-state index in [1.807, 2.05) is 68.4 Å². The lowest BCUT2D eigenvalue weighted by Crippen LogP contribution is -2.39. The van der Waals surface area contributed by atoms with Crippen molar-refractivity contribution >= 4 is 24.0 Å². The van der Waals surface area contributed by atoms with E-state index < -0.39 is 0 Å². The van der Waals surface area contributed by atoms with Gasteiger partial charge in [-0.2, -0.15) is 0 Å². The summed E-state index contributed by atoms with van der Waals surface area (Å²) >= 11 is 0.868. The number of nitrogens with two attached hydrogens (primary N) is 2. The lowest BCUT2D eigenvalue weighted by molar-refractivity contribution is -0.130. The van der Waals surface area contributed by atoms with Crippen LogP contribution in [0.25, 0.3) is 0 Å². The average Bonchev–Trinajstić information content (AvgIpc) is 2.72. The second kappa shape index (κ2) is 21.4. The molecule has 29 heavy (non-hydrogen) atoms. The van der Waals surface area contributed by atoms with Gasteiger partial charge in [0.25, 0.3) is 0 Å². The van der Waals surface area contributed by atoms with Gasteiger partial charge in [-0.3, -0.25) is 9.93 Å². The molecule has 0 spiro atoms. The first-order valence-corrected chi connectivity index (χ1v) is 11.2. The molecular weight excluding hydrogens is 384 g/mol. The maximum Gasteiger partial charge on any atom is 0.225 e. The molecular formula is C22H48N4O2S. The van der Waals surface area contributed by atoms with E-state index >= 15 is 0 Å². The fourth-order valence-electron chi connectivity index (χ4n) is 2.34. The van der Waals surface area contributed by atoms with Gasteiger partial charge in [-0.05, 0) is 30.4 Å². The van der Waals surface area contributed by atoms with Gasteiger partial charge in [-0.1, -0.05) is 75.3 Å². The summed E-state index contributed by atoms with van der Waals surface area (Å²) < 4.78 is 5.12. The van der Waals surface area contributed by atoms with Crippen molar-refractivity contribution in [2.24, 2.45) is 16.0 Å². The monoisotopic (exact) mass is 432 g/mol. The van der Waals surface area contributed by atoms with Crippen LogP contribution in [0.15, 0.2) is 18.3 Å². The summed E-state index contributed by atoms with van der Waals surface area (Å²) in [7, 11) is 1.66. The van der Waals surface area contributed by atoms with E-state index in [1.54, 1.807) is 19.3 Å². The fraction of sp³-hybridized carbons (Fsp3) is 0.727. The van der Waals surface area contributed by atoms with Crippen LogP contribution in [0.1, 0.15) is 81.2 Å². The Morgan fingerprint density at radius 2 is 1.59 bits per heavy atom. The van der Waals surface area contributed by atoms with Crippen LogP contribution >= 0.6 is 12.2 Å². The minimum atomic E-state index is -0.388. The zero-order chi connectivity index (χ0) is 24.1. The third-order valence-electron chi connectivity index (χ3n) is 3.21. The minimum absolute atomic E-state index is 0.0518. The van der Waals surface area contributed by atoms with Crippen molar-refractivity contribution in [3.8, 4) is 0 Å². The maximum absolute atomic E-state index is 11.6. The van der Waals surface area contributed by atoms with E-state index in [-0.39, 0.29) is 16.7 Å². The normalized spacial score (nSPS) is 9.69. The average molecular weight is 433 g/mol. The highest BCUT2D eigenvalue weighted by Crippen LogP contribution is 2.34. The Balaban J connectivity index is -0.000000187. The van der Waals surface area contributed by atoms with Crippen molar-refractivity contribution in [3.05, 3.63) is 23.9 Å². The van der Waals surface area contributed by atoms with Crippen LogP contribution in [0.5, 0.6) is 0 Å². The minimum Gasteiger partial charge on any atom is -0.384 e. The summed E-state index contributed by atoms with van der Waals surface area (Å²) in [5.74, 6) is 0.631. The molecule has 1 aromatic heterocycles. The van der Waals surface area contributed by atoms with Gasteiger partial charge < -0.3 is 15.2 Å². The number of rotatable bonds is 6. The predicted octanol–water partition coefficient (Wildman–Crippen LogP) is 5.76. The third-order valence-corrected chi connectivity index (χ3v) is 3.47. The molecule has 1 amide bonds. The number of carbonyl (C=O) groups is 1. The van der Waals surface area contributed by atoms with Gasteiger partial charge >= 0.3 is 0 Å². The second-order valence-electron chi connectivity index (χ2n) is 6.92. The summed E-state index contributed by atoms with van der Waals surface area (Å²) in [5.41, 5.74) is 6.00. The summed E-state index contributed by atoms with van der Waals surface area (Å²) in [4.78, 5) is 15.5. The lowest BCUT2D eigenvalue weighted by atomic mass is 9.75. The van der Waals surface area contributed by atoms with Gasteiger partial charge in [0, 0.05) is 18.7 Å². The first-order chi connectivity index (χ1) is 13.5. The van der Waals surface area contributed by atoms with E-state index in [4.69, 9.17) is 15.1 Å². The zero-order valence-electron chi connectivity index (χ0n) is 21.0. The number of anilines is 1. The fourth-order valence-corrected chi connectivity index (χ4v) is 2.73. The third kappa shape index (κ3) is 21.2. The summed E-state index contributed by atoms with van der Waals surface area (Å²) in [6.45, 7) is 22.5. The van der Waals surface area contributed by atoms with Crippen molar-refractivity contribution in [1.29, 1.82) is 0 Å². The van der Waals surface area contributed by atoms with Crippen molar-refractivity contribution in [3.63, 3.8) is 0 Å². The smallest absolute Gasteiger partial charge is 0.225 e. The number of nitrogen functional groups attached to an aromatic ring is 1. The molecule has 0 saturated heterocycles. The molecule has 0 aliphatic heterocycles. The van der Waals surface area contributed by atoms with E-state index in [9.17, 15) is 4.79 Å². The lowest BCUT2D eigenvalue weighted by Gasteiger charge is -2.32. The number of carbonyl (C=O) groups excluding carboxylic acids is 1. The van der Waals surface area contributed by atoms with Gasteiger partial charge in [0.2, 0.25) is 5.91 Å². The SMILES string of the molecule is CC.CC.CC.CNC(=O)C(C)(C)CC(C)(C)COSN.Cc1ccc(N)nc1. The van der Waals surface area contributed by atoms with Crippen molar-refractivity contribution in [2.45, 2.75) is 82.6 Å². The molecule has 174 valence electrons. The van der Waals surface area contributed by atoms with Crippen molar-refractivity contribution in [2.75, 3.05) is 19.4 Å². The predicted molar refractivity (Wildman–Crippen MR) is 131 cm³/mol. The topological polar surface area (TPSA) is 103 Å². The Kier molecular flexibility index (Phi) is 25.9. The summed E-state index contributed by atoms with van der Waals surface area (Å²) in [5, 5.41) is 7.87. The molecule has 1 aromatic rings. The van der Waals surface area contributed by atoms with Gasteiger partial charge in [-0.25, -0.2) is 4.98 Å². The molecule has 0 bridgehead atoms. The maximum atomic E-state index is 11.6. The molecule has 1 rings (SSSR count). The van der Waals surface area contributed by atoms with Gasteiger partial charge in [-0.15, -0.1) is 0 Å². The molecule has 0 atom stereocenters. The van der Waals surface area contributed by atoms with E-state index in [0.717, 1.165) is 24.2 Å². The van der Waals surface area contributed by atoms with E-state index in [2.05, 4.69) is 24.1 Å². The van der Waals surface area contributed by atoms with Crippen LogP contribution in [0.4, 0.5) is 5.82 Å². The standard InChI is InChI=1S/C10H22N2O2S.C6H8N2.3C2H6/c1-9(2,7-14-15-11)6-10(3,4)8(13)12-5;1-5-2-3-6(7)8-4-5;3*1-2/h6-7,11H2,1-5H3,(H,12,13);2-4H,1H3,(H2,7,8);3*1-2H3. The molecule has 0 aromatic carbocycles. The Bertz CT molecular complexity index is 457. The highest BCUT2D eigenvalue weighted by Gasteiger charge is 2.34. The molecule has 5 N–H and O–H groups in total. The molecule has 7 heteroatoms. The summed E-state index contributed by atoms with van der Waals surface area (Å²) in [6.07, 6.45) is 2.50. The number of hydrogen-bond donors (Lipinski definition) is 3. The number of aromatic nitrogens is 1. The molecule has 6 nitrogen and oxygen atoms in total. The molecule has 0 fully saturated rings. The van der Waals surface area contributed by atoms with Crippen LogP contribution in [0.3, 0.4) is 0 Å².